The van der Waals surface area contributed by atoms with E-state index in [2.05, 4.69) is 20.5 Å². The van der Waals surface area contributed by atoms with Crippen molar-refractivity contribution in [1.29, 1.82) is 0 Å². The molecule has 7 nitrogen and oxygen atoms in total. The number of rotatable bonds is 6. The Morgan fingerprint density at radius 3 is 2.55 bits per heavy atom. The molecule has 0 radical (unpaired) electrons. The molecule has 0 aliphatic carbocycles. The first-order chi connectivity index (χ1) is 10.5. The van der Waals surface area contributed by atoms with Gasteiger partial charge in [-0.25, -0.2) is 9.89 Å². The van der Waals surface area contributed by atoms with E-state index in [4.69, 9.17) is 0 Å². The Morgan fingerprint density at radius 2 is 2.00 bits per heavy atom. The second-order valence-electron chi connectivity index (χ2n) is 5.44. The normalized spacial score (nSPS) is 12.4. The summed E-state index contributed by atoms with van der Waals surface area (Å²) in [6.07, 6.45) is 0.471. The van der Waals surface area contributed by atoms with E-state index in [-0.39, 0.29) is 17.6 Å². The lowest BCUT2D eigenvalue weighted by atomic mass is 10.0. The zero-order valence-electron chi connectivity index (χ0n) is 13.0. The number of aryl methyl sites for hydroxylation is 1. The summed E-state index contributed by atoms with van der Waals surface area (Å²) in [5.41, 5.74) is 1.76. The average Bonchev–Trinajstić information content (AvgIpc) is 2.86. The maximum Gasteiger partial charge on any atom is 0.340 e. The molecule has 1 amide bonds. The number of aromatic nitrogens is 3. The van der Waals surface area contributed by atoms with Crippen molar-refractivity contribution in [2.75, 3.05) is 20.6 Å². The van der Waals surface area contributed by atoms with Crippen LogP contribution in [0.25, 0.3) is 0 Å². The molecule has 118 valence electrons. The molecule has 0 aliphatic heterocycles. The fraction of sp³-hybridized carbons (Fsp3) is 0.400. The van der Waals surface area contributed by atoms with Crippen LogP contribution >= 0.6 is 0 Å². The summed E-state index contributed by atoms with van der Waals surface area (Å²) in [6, 6.07) is 7.57. The lowest BCUT2D eigenvalue weighted by Crippen LogP contribution is -2.38. The number of hydrogen-bond donors (Lipinski definition) is 3. The van der Waals surface area contributed by atoms with Crippen LogP contribution in [0.5, 0.6) is 0 Å². The van der Waals surface area contributed by atoms with Gasteiger partial charge in [0.05, 0.1) is 0 Å². The third-order valence-corrected chi connectivity index (χ3v) is 3.37. The van der Waals surface area contributed by atoms with Gasteiger partial charge in [0.2, 0.25) is 5.91 Å². The summed E-state index contributed by atoms with van der Waals surface area (Å²) >= 11 is 0. The lowest BCUT2D eigenvalue weighted by Gasteiger charge is -2.24. The van der Waals surface area contributed by atoms with Crippen LogP contribution in [0.3, 0.4) is 0 Å². The van der Waals surface area contributed by atoms with Crippen molar-refractivity contribution in [3.8, 4) is 0 Å². The first kappa shape index (κ1) is 16.0. The van der Waals surface area contributed by atoms with E-state index < -0.39 is 0 Å². The molecule has 0 unspecified atom stereocenters. The smallest absolute Gasteiger partial charge is 0.340 e. The highest BCUT2D eigenvalue weighted by Gasteiger charge is 2.22. The molecule has 0 saturated heterocycles. The standard InChI is InChI=1S/C15H21N5O2/c1-10-4-6-11(7-5-10)13(20(2)3)14(21)16-9-8-12-17-15(22)19-18-12/h4-7,13H,8-9H2,1-3H3,(H,16,21)(H2,17,18,19,22)/t13-/m1/s1. The van der Waals surface area contributed by atoms with Gasteiger partial charge < -0.3 is 5.32 Å². The molecule has 3 N–H and O–H groups in total. The highest BCUT2D eigenvalue weighted by Crippen LogP contribution is 2.18. The molecule has 2 rings (SSSR count). The third-order valence-electron chi connectivity index (χ3n) is 3.37. The van der Waals surface area contributed by atoms with Crippen LogP contribution in [0, 0.1) is 6.92 Å². The summed E-state index contributed by atoms with van der Waals surface area (Å²) in [7, 11) is 3.74. The van der Waals surface area contributed by atoms with Crippen molar-refractivity contribution in [2.45, 2.75) is 19.4 Å². The zero-order chi connectivity index (χ0) is 16.1. The van der Waals surface area contributed by atoms with Gasteiger partial charge in [0, 0.05) is 13.0 Å². The molecule has 1 heterocycles. The summed E-state index contributed by atoms with van der Waals surface area (Å²) in [5.74, 6) is 0.453. The van der Waals surface area contributed by atoms with Crippen LogP contribution in [0.1, 0.15) is 23.0 Å². The van der Waals surface area contributed by atoms with Crippen LogP contribution in [0.4, 0.5) is 0 Å². The number of amides is 1. The van der Waals surface area contributed by atoms with Gasteiger partial charge in [0.25, 0.3) is 0 Å². The number of nitrogens with one attached hydrogen (secondary N) is 3. The Hall–Kier alpha value is -2.41. The molecule has 7 heteroatoms. The molecule has 0 spiro atoms. The molecule has 2 aromatic rings. The number of aromatic amines is 2. The highest BCUT2D eigenvalue weighted by molar-refractivity contribution is 5.83. The van der Waals surface area contributed by atoms with Crippen molar-refractivity contribution in [1.82, 2.24) is 25.4 Å². The minimum Gasteiger partial charge on any atom is -0.354 e. The molecular formula is C15H21N5O2. The van der Waals surface area contributed by atoms with Crippen molar-refractivity contribution in [3.05, 3.63) is 51.7 Å². The van der Waals surface area contributed by atoms with Crippen LogP contribution in [0.15, 0.2) is 29.1 Å². The van der Waals surface area contributed by atoms with E-state index in [1.807, 2.05) is 50.2 Å². The SMILES string of the molecule is Cc1ccc([C@H](C(=O)NCCc2n[nH]c(=O)[nH]2)N(C)C)cc1. The van der Waals surface area contributed by atoms with Crippen molar-refractivity contribution in [3.63, 3.8) is 0 Å². The predicted molar refractivity (Wildman–Crippen MR) is 83.5 cm³/mol. The Kier molecular flexibility index (Phi) is 5.11. The Balaban J connectivity index is 1.97. The van der Waals surface area contributed by atoms with Gasteiger partial charge >= 0.3 is 5.69 Å². The summed E-state index contributed by atoms with van der Waals surface area (Å²) in [4.78, 5) is 27.8. The Labute approximate surface area is 128 Å². The number of nitrogens with zero attached hydrogens (tertiary/aromatic N) is 2. The molecule has 1 atom stereocenters. The van der Waals surface area contributed by atoms with Crippen molar-refractivity contribution >= 4 is 5.91 Å². The number of carbonyl (C=O) groups is 1. The van der Waals surface area contributed by atoms with Crippen LogP contribution in [-0.2, 0) is 11.2 Å². The van der Waals surface area contributed by atoms with Gasteiger partial charge in [0.15, 0.2) is 0 Å². The lowest BCUT2D eigenvalue weighted by molar-refractivity contribution is -0.125. The van der Waals surface area contributed by atoms with Gasteiger partial charge in [-0.3, -0.25) is 14.7 Å². The minimum absolute atomic E-state index is 0.0771. The Morgan fingerprint density at radius 1 is 1.32 bits per heavy atom. The molecule has 0 fully saturated rings. The molecule has 1 aromatic heterocycles. The number of likely N-dealkylation sites (N-methyl/N-ethyl adjacent to an activating group) is 1. The molecule has 0 aliphatic rings. The van der Waals surface area contributed by atoms with Gasteiger partial charge in [-0.05, 0) is 26.6 Å². The largest absolute Gasteiger partial charge is 0.354 e. The molecule has 0 bridgehead atoms. The van der Waals surface area contributed by atoms with Crippen molar-refractivity contribution in [2.24, 2.45) is 0 Å². The zero-order valence-corrected chi connectivity index (χ0v) is 13.0. The topological polar surface area (TPSA) is 93.9 Å². The molecular weight excluding hydrogens is 282 g/mol. The summed E-state index contributed by atoms with van der Waals surface area (Å²) < 4.78 is 0. The maximum absolute atomic E-state index is 12.4. The van der Waals surface area contributed by atoms with E-state index in [9.17, 15) is 9.59 Å². The summed E-state index contributed by atoms with van der Waals surface area (Å²) in [5, 5.41) is 8.98. The van der Waals surface area contributed by atoms with Crippen LogP contribution in [0.2, 0.25) is 0 Å². The van der Waals surface area contributed by atoms with E-state index in [1.54, 1.807) is 0 Å². The van der Waals surface area contributed by atoms with Crippen molar-refractivity contribution < 1.29 is 4.79 Å². The van der Waals surface area contributed by atoms with Gasteiger partial charge in [-0.1, -0.05) is 29.8 Å². The van der Waals surface area contributed by atoms with Crippen LogP contribution < -0.4 is 11.0 Å². The fourth-order valence-corrected chi connectivity index (χ4v) is 2.26. The first-order valence-electron chi connectivity index (χ1n) is 7.11. The molecule has 0 saturated carbocycles. The molecule has 22 heavy (non-hydrogen) atoms. The van der Waals surface area contributed by atoms with E-state index in [1.165, 1.54) is 0 Å². The van der Waals surface area contributed by atoms with E-state index in [0.29, 0.717) is 18.8 Å². The quantitative estimate of drug-likeness (QED) is 0.718. The maximum atomic E-state index is 12.4. The Bertz CT molecular complexity index is 672. The van der Waals surface area contributed by atoms with Gasteiger partial charge in [-0.2, -0.15) is 5.10 Å². The number of hydrogen-bond acceptors (Lipinski definition) is 4. The minimum atomic E-state index is -0.348. The van der Waals surface area contributed by atoms with Crippen LogP contribution in [-0.4, -0.2) is 46.6 Å². The predicted octanol–water partition coefficient (Wildman–Crippen LogP) is 0.368. The molecule has 1 aromatic carbocycles. The highest BCUT2D eigenvalue weighted by atomic mass is 16.2. The first-order valence-corrected chi connectivity index (χ1v) is 7.11. The fourth-order valence-electron chi connectivity index (χ4n) is 2.26. The van der Waals surface area contributed by atoms with Gasteiger partial charge in [-0.15, -0.1) is 0 Å². The van der Waals surface area contributed by atoms with E-state index in [0.717, 1.165) is 11.1 Å². The number of H-pyrrole nitrogens is 2. The number of benzene rings is 1. The van der Waals surface area contributed by atoms with E-state index >= 15 is 0 Å². The third kappa shape index (κ3) is 4.05. The number of carbonyl (C=O) groups excluding carboxylic acids is 1. The monoisotopic (exact) mass is 303 g/mol. The van der Waals surface area contributed by atoms with Gasteiger partial charge in [0.1, 0.15) is 11.9 Å². The average molecular weight is 303 g/mol. The second kappa shape index (κ2) is 7.04. The second-order valence-corrected chi connectivity index (χ2v) is 5.44. The summed E-state index contributed by atoms with van der Waals surface area (Å²) in [6.45, 7) is 2.43.